The minimum atomic E-state index is 0.710. The van der Waals surface area contributed by atoms with E-state index in [2.05, 4.69) is 44.8 Å². The van der Waals surface area contributed by atoms with Gasteiger partial charge in [0.15, 0.2) is 5.82 Å². The van der Waals surface area contributed by atoms with E-state index in [0.29, 0.717) is 5.82 Å². The number of rotatable bonds is 6. The van der Waals surface area contributed by atoms with E-state index in [0.717, 1.165) is 50.3 Å². The average molecular weight is 467 g/mol. The fourth-order valence-electron chi connectivity index (χ4n) is 4.20. The summed E-state index contributed by atoms with van der Waals surface area (Å²) in [5, 5.41) is 14.5. The highest BCUT2D eigenvalue weighted by molar-refractivity contribution is 6.00. The zero-order valence-electron chi connectivity index (χ0n) is 19.4. The highest BCUT2D eigenvalue weighted by Gasteiger charge is 2.11. The van der Waals surface area contributed by atoms with Crippen molar-refractivity contribution in [3.8, 4) is 33.9 Å². The maximum atomic E-state index is 6.23. The van der Waals surface area contributed by atoms with Gasteiger partial charge in [0.1, 0.15) is 17.2 Å². The summed E-state index contributed by atoms with van der Waals surface area (Å²) in [6.07, 6.45) is 3.57. The van der Waals surface area contributed by atoms with Crippen LogP contribution >= 0.6 is 0 Å². The summed E-state index contributed by atoms with van der Waals surface area (Å²) in [7, 11) is 0. The molecule has 5 heteroatoms. The van der Waals surface area contributed by atoms with E-state index in [9.17, 15) is 0 Å². The van der Waals surface area contributed by atoms with Crippen molar-refractivity contribution in [3.05, 3.63) is 128 Å². The molecular formula is C31H22N4O. The third kappa shape index (κ3) is 4.38. The molecule has 36 heavy (non-hydrogen) atoms. The molecule has 0 radical (unpaired) electrons. The second kappa shape index (κ2) is 9.68. The van der Waals surface area contributed by atoms with E-state index in [-0.39, 0.29) is 0 Å². The number of para-hydroxylation sites is 1. The molecule has 0 aliphatic heterocycles. The number of aromatic nitrogens is 3. The van der Waals surface area contributed by atoms with Crippen LogP contribution in [0.3, 0.4) is 0 Å². The largest absolute Gasteiger partial charge is 0.457 e. The van der Waals surface area contributed by atoms with Gasteiger partial charge in [-0.1, -0.05) is 72.8 Å². The van der Waals surface area contributed by atoms with Crippen molar-refractivity contribution >= 4 is 22.3 Å². The fraction of sp³-hybridized carbons (Fsp3) is 0. The molecule has 0 saturated heterocycles. The van der Waals surface area contributed by atoms with Crippen LogP contribution in [-0.4, -0.2) is 15.2 Å². The Bertz CT molecular complexity index is 1620. The molecule has 0 aliphatic carbocycles. The van der Waals surface area contributed by atoms with Crippen LogP contribution in [0.15, 0.2) is 128 Å². The highest BCUT2D eigenvalue weighted by atomic mass is 16.5. The van der Waals surface area contributed by atoms with Gasteiger partial charge in [-0.25, -0.2) is 0 Å². The van der Waals surface area contributed by atoms with Crippen molar-refractivity contribution in [1.29, 1.82) is 0 Å². The Morgan fingerprint density at radius 1 is 0.556 bits per heavy atom. The first-order valence-electron chi connectivity index (χ1n) is 11.7. The molecular weight excluding hydrogens is 444 g/mol. The third-order valence-electron chi connectivity index (χ3n) is 5.96. The Hall–Kier alpha value is -5.03. The van der Waals surface area contributed by atoms with Gasteiger partial charge in [0.25, 0.3) is 0 Å². The number of benzene rings is 4. The first-order chi connectivity index (χ1) is 17.8. The molecule has 172 valence electrons. The van der Waals surface area contributed by atoms with Crippen LogP contribution in [0.5, 0.6) is 11.5 Å². The van der Waals surface area contributed by atoms with E-state index in [4.69, 9.17) is 4.74 Å². The molecule has 0 fully saturated rings. The van der Waals surface area contributed by atoms with Crippen molar-refractivity contribution in [2.75, 3.05) is 5.32 Å². The second-order valence-electron chi connectivity index (χ2n) is 8.29. The molecule has 0 spiro atoms. The van der Waals surface area contributed by atoms with E-state index in [1.165, 1.54) is 0 Å². The van der Waals surface area contributed by atoms with Crippen LogP contribution in [0, 0.1) is 0 Å². The summed E-state index contributed by atoms with van der Waals surface area (Å²) in [6, 6.07) is 38.1. The number of hydrogen-bond donors (Lipinski definition) is 1. The SMILES string of the molecule is c1ccc(-c2nnc(Nc3ccc(Oc4ccccc4-c4ccncc4)cc3)c3ccccc23)cc1. The van der Waals surface area contributed by atoms with Crippen molar-refractivity contribution in [2.45, 2.75) is 0 Å². The molecule has 0 aliphatic rings. The van der Waals surface area contributed by atoms with Crippen LogP contribution in [0.25, 0.3) is 33.2 Å². The summed E-state index contributed by atoms with van der Waals surface area (Å²) < 4.78 is 6.23. The number of nitrogens with one attached hydrogen (secondary N) is 1. The Morgan fingerprint density at radius 2 is 1.25 bits per heavy atom. The number of fused-ring (bicyclic) bond motifs is 1. The quantitative estimate of drug-likeness (QED) is 0.270. The van der Waals surface area contributed by atoms with E-state index >= 15 is 0 Å². The maximum absolute atomic E-state index is 6.23. The Kier molecular flexibility index (Phi) is 5.78. The first-order valence-corrected chi connectivity index (χ1v) is 11.7. The van der Waals surface area contributed by atoms with Crippen LogP contribution in [0.4, 0.5) is 11.5 Å². The Balaban J connectivity index is 1.26. The maximum Gasteiger partial charge on any atom is 0.161 e. The molecule has 0 amide bonds. The standard InChI is InChI=1S/C31H22N4O/c1-2-8-23(9-3-1)30-27-11-4-5-12-28(27)31(35-34-30)33-24-14-16-25(17-15-24)36-29-13-7-6-10-26(29)22-18-20-32-21-19-22/h1-21H,(H,33,35). The van der Waals surface area contributed by atoms with Crippen LogP contribution in [0.1, 0.15) is 0 Å². The summed E-state index contributed by atoms with van der Waals surface area (Å²) in [5.41, 5.74) is 4.89. The van der Waals surface area contributed by atoms with Gasteiger partial charge in [0.2, 0.25) is 0 Å². The third-order valence-corrected chi connectivity index (χ3v) is 5.96. The van der Waals surface area contributed by atoms with Gasteiger partial charge in [0.05, 0.1) is 0 Å². The molecule has 4 aromatic carbocycles. The number of pyridine rings is 1. The molecule has 2 heterocycles. The highest BCUT2D eigenvalue weighted by Crippen LogP contribution is 2.34. The fourth-order valence-corrected chi connectivity index (χ4v) is 4.20. The monoisotopic (exact) mass is 466 g/mol. The smallest absolute Gasteiger partial charge is 0.161 e. The topological polar surface area (TPSA) is 59.9 Å². The molecule has 5 nitrogen and oxygen atoms in total. The predicted molar refractivity (Wildman–Crippen MR) is 144 cm³/mol. The number of anilines is 2. The summed E-state index contributed by atoms with van der Waals surface area (Å²) in [5.74, 6) is 2.25. The van der Waals surface area contributed by atoms with Gasteiger partial charge >= 0.3 is 0 Å². The lowest BCUT2D eigenvalue weighted by Crippen LogP contribution is -1.99. The Morgan fingerprint density at radius 3 is 2.06 bits per heavy atom. The van der Waals surface area contributed by atoms with Crippen molar-refractivity contribution in [3.63, 3.8) is 0 Å². The van der Waals surface area contributed by atoms with E-state index < -0.39 is 0 Å². The van der Waals surface area contributed by atoms with E-state index in [1.807, 2.05) is 91.0 Å². The normalized spacial score (nSPS) is 10.8. The Labute approximate surface area is 209 Å². The average Bonchev–Trinajstić information content (AvgIpc) is 2.95. The summed E-state index contributed by atoms with van der Waals surface area (Å²) in [4.78, 5) is 4.11. The lowest BCUT2D eigenvalue weighted by Gasteiger charge is -2.13. The minimum absolute atomic E-state index is 0.710. The molecule has 6 aromatic rings. The number of hydrogen-bond acceptors (Lipinski definition) is 5. The van der Waals surface area contributed by atoms with Crippen molar-refractivity contribution in [2.24, 2.45) is 0 Å². The zero-order valence-corrected chi connectivity index (χ0v) is 19.4. The molecule has 0 saturated carbocycles. The summed E-state index contributed by atoms with van der Waals surface area (Å²) in [6.45, 7) is 0. The molecule has 6 rings (SSSR count). The first kappa shape index (κ1) is 21.5. The molecule has 0 unspecified atom stereocenters. The van der Waals surface area contributed by atoms with Gasteiger partial charge in [-0.15, -0.1) is 10.2 Å². The molecule has 0 bridgehead atoms. The van der Waals surface area contributed by atoms with Crippen LogP contribution in [-0.2, 0) is 0 Å². The minimum Gasteiger partial charge on any atom is -0.457 e. The molecule has 2 aromatic heterocycles. The van der Waals surface area contributed by atoms with Crippen molar-refractivity contribution in [1.82, 2.24) is 15.2 Å². The van der Waals surface area contributed by atoms with Gasteiger partial charge in [-0.2, -0.15) is 0 Å². The van der Waals surface area contributed by atoms with E-state index in [1.54, 1.807) is 12.4 Å². The zero-order chi connectivity index (χ0) is 24.2. The van der Waals surface area contributed by atoms with Gasteiger partial charge in [-0.3, -0.25) is 4.98 Å². The number of nitrogens with zero attached hydrogens (tertiary/aromatic N) is 3. The predicted octanol–water partition coefficient (Wildman–Crippen LogP) is 7.89. The summed E-state index contributed by atoms with van der Waals surface area (Å²) >= 11 is 0. The van der Waals surface area contributed by atoms with Crippen molar-refractivity contribution < 1.29 is 4.74 Å². The van der Waals surface area contributed by atoms with Crippen LogP contribution < -0.4 is 10.1 Å². The van der Waals surface area contributed by atoms with Crippen LogP contribution in [0.2, 0.25) is 0 Å². The number of ether oxygens (including phenoxy) is 1. The lowest BCUT2D eigenvalue weighted by atomic mass is 10.0. The van der Waals surface area contributed by atoms with Gasteiger partial charge in [0, 0.05) is 40.0 Å². The lowest BCUT2D eigenvalue weighted by molar-refractivity contribution is 0.484. The van der Waals surface area contributed by atoms with Gasteiger partial charge < -0.3 is 10.1 Å². The van der Waals surface area contributed by atoms with Gasteiger partial charge in [-0.05, 0) is 48.0 Å². The molecule has 1 N–H and O–H groups in total. The molecule has 0 atom stereocenters. The second-order valence-corrected chi connectivity index (χ2v) is 8.29.